The number of sulfone groups is 1. The Labute approximate surface area is 178 Å². The lowest BCUT2D eigenvalue weighted by molar-refractivity contribution is -0.140. The molecule has 0 saturated carbocycles. The first kappa shape index (κ1) is 25.6. The molecule has 8 nitrogen and oxygen atoms in total. The van der Waals surface area contributed by atoms with Gasteiger partial charge in [-0.15, -0.1) is 0 Å². The smallest absolute Gasteiger partial charge is 0.410 e. The minimum atomic E-state index is -3.63. The first-order valence-corrected chi connectivity index (χ1v) is 11.2. The minimum absolute atomic E-state index is 0.0213. The zero-order valence-corrected chi connectivity index (χ0v) is 18.7. The number of ether oxygens (including phenoxy) is 2. The third-order valence-electron chi connectivity index (χ3n) is 3.94. The molecule has 0 aliphatic rings. The lowest BCUT2D eigenvalue weighted by Crippen LogP contribution is -2.38. The summed E-state index contributed by atoms with van der Waals surface area (Å²) in [6.07, 6.45) is 0.297. The summed E-state index contributed by atoms with van der Waals surface area (Å²) in [7, 11) is -2.36. The quantitative estimate of drug-likeness (QED) is 0.556. The third kappa shape index (κ3) is 9.89. The second kappa shape index (κ2) is 11.7. The van der Waals surface area contributed by atoms with Gasteiger partial charge in [0.2, 0.25) is 0 Å². The molecule has 1 atom stereocenters. The minimum Gasteiger partial charge on any atom is -0.469 e. The van der Waals surface area contributed by atoms with Gasteiger partial charge in [-0.25, -0.2) is 13.2 Å². The molecular formula is C21H31NO7S. The number of esters is 1. The Morgan fingerprint density at radius 2 is 1.80 bits per heavy atom. The van der Waals surface area contributed by atoms with Crippen LogP contribution in [0.15, 0.2) is 46.7 Å². The van der Waals surface area contributed by atoms with Crippen LogP contribution >= 0.6 is 0 Å². The van der Waals surface area contributed by atoms with E-state index in [4.69, 9.17) is 4.74 Å². The van der Waals surface area contributed by atoms with E-state index in [1.165, 1.54) is 30.2 Å². The molecule has 0 spiro atoms. The second-order valence-electron chi connectivity index (χ2n) is 7.69. The summed E-state index contributed by atoms with van der Waals surface area (Å²) in [4.78, 5) is 25.3. The van der Waals surface area contributed by atoms with Crippen LogP contribution in [0.2, 0.25) is 0 Å². The number of benzene rings is 1. The Bertz CT molecular complexity index is 814. The molecule has 0 aliphatic heterocycles. The zero-order chi connectivity index (χ0) is 22.8. The topological polar surface area (TPSA) is 110 Å². The van der Waals surface area contributed by atoms with Gasteiger partial charge in [-0.05, 0) is 51.8 Å². The maximum atomic E-state index is 12.3. The first-order chi connectivity index (χ1) is 13.9. The maximum Gasteiger partial charge on any atom is 0.410 e. The number of aliphatic hydroxyl groups excluding tert-OH is 1. The number of carbonyl (C=O) groups excluding carboxylic acids is 2. The van der Waals surface area contributed by atoms with Crippen LogP contribution in [0, 0.1) is 0 Å². The number of rotatable bonds is 10. The van der Waals surface area contributed by atoms with E-state index >= 15 is 0 Å². The summed E-state index contributed by atoms with van der Waals surface area (Å²) >= 11 is 0. The van der Waals surface area contributed by atoms with Crippen molar-refractivity contribution in [3.8, 4) is 0 Å². The van der Waals surface area contributed by atoms with Crippen LogP contribution in [-0.4, -0.2) is 62.4 Å². The lowest BCUT2D eigenvalue weighted by Gasteiger charge is -2.27. The number of amides is 1. The molecule has 0 radical (unpaired) electrons. The summed E-state index contributed by atoms with van der Waals surface area (Å²) in [5, 5.41) is 11.1. The molecule has 1 rings (SSSR count). The standard InChI is InChI=1S/C21H31NO7S/c1-21(2,3)29-20(25)22(15-12-19(24)28-4)14-8-9-17(23)13-16-30(26,27)18-10-6-5-7-11-18/h5-7,10-11,13,16-17,23H,8-9,12,14-15H2,1-4H3/b16-13+. The van der Waals surface area contributed by atoms with Crippen molar-refractivity contribution in [3.63, 3.8) is 0 Å². The normalized spacial score (nSPS) is 13.1. The zero-order valence-electron chi connectivity index (χ0n) is 17.9. The van der Waals surface area contributed by atoms with Crippen LogP contribution in [0.3, 0.4) is 0 Å². The Balaban J connectivity index is 2.63. The van der Waals surface area contributed by atoms with Crippen molar-refractivity contribution in [2.75, 3.05) is 20.2 Å². The number of nitrogens with zero attached hydrogens (tertiary/aromatic N) is 1. The van der Waals surface area contributed by atoms with Gasteiger partial charge in [-0.3, -0.25) is 4.79 Å². The molecular weight excluding hydrogens is 410 g/mol. The van der Waals surface area contributed by atoms with Crippen molar-refractivity contribution in [2.45, 2.75) is 56.6 Å². The van der Waals surface area contributed by atoms with Crippen LogP contribution in [0.1, 0.15) is 40.0 Å². The molecule has 1 amide bonds. The molecule has 1 N–H and O–H groups in total. The third-order valence-corrected chi connectivity index (χ3v) is 5.39. The van der Waals surface area contributed by atoms with E-state index in [1.54, 1.807) is 39.0 Å². The van der Waals surface area contributed by atoms with Crippen molar-refractivity contribution in [1.82, 2.24) is 4.90 Å². The molecule has 1 aromatic carbocycles. The fourth-order valence-electron chi connectivity index (χ4n) is 2.42. The average Bonchev–Trinajstić information content (AvgIpc) is 2.68. The van der Waals surface area contributed by atoms with E-state index in [-0.39, 0.29) is 30.8 Å². The SMILES string of the molecule is COC(=O)CCN(CCCC(O)/C=C/S(=O)(=O)c1ccccc1)C(=O)OC(C)(C)C. The fourth-order valence-corrected chi connectivity index (χ4v) is 3.50. The van der Waals surface area contributed by atoms with Crippen molar-refractivity contribution < 1.29 is 32.6 Å². The van der Waals surface area contributed by atoms with Gasteiger partial charge in [-0.2, -0.15) is 0 Å². The molecule has 30 heavy (non-hydrogen) atoms. The van der Waals surface area contributed by atoms with E-state index in [2.05, 4.69) is 4.74 Å². The number of carbonyl (C=O) groups is 2. The molecule has 0 saturated heterocycles. The predicted molar refractivity (Wildman–Crippen MR) is 112 cm³/mol. The lowest BCUT2D eigenvalue weighted by atomic mass is 10.2. The van der Waals surface area contributed by atoms with Gasteiger partial charge in [0.05, 0.1) is 24.5 Å². The Kier molecular flexibility index (Phi) is 10.0. The molecule has 168 valence electrons. The van der Waals surface area contributed by atoms with Crippen molar-refractivity contribution >= 4 is 21.9 Å². The van der Waals surface area contributed by atoms with E-state index in [1.807, 2.05) is 0 Å². The molecule has 0 heterocycles. The summed E-state index contributed by atoms with van der Waals surface area (Å²) in [6, 6.07) is 7.92. The van der Waals surface area contributed by atoms with E-state index in [0.29, 0.717) is 6.42 Å². The maximum absolute atomic E-state index is 12.3. The molecule has 1 unspecified atom stereocenters. The Hall–Kier alpha value is -2.39. The van der Waals surface area contributed by atoms with Crippen molar-refractivity contribution in [1.29, 1.82) is 0 Å². The van der Waals surface area contributed by atoms with Crippen LogP contribution < -0.4 is 0 Å². The Morgan fingerprint density at radius 1 is 1.17 bits per heavy atom. The number of methoxy groups -OCH3 is 1. The summed E-state index contributed by atoms with van der Waals surface area (Å²) in [6.45, 7) is 5.58. The van der Waals surface area contributed by atoms with Gasteiger partial charge >= 0.3 is 12.1 Å². The van der Waals surface area contributed by atoms with Crippen LogP contribution in [0.5, 0.6) is 0 Å². The van der Waals surface area contributed by atoms with Crippen molar-refractivity contribution in [2.24, 2.45) is 0 Å². The fraction of sp³-hybridized carbons (Fsp3) is 0.524. The Morgan fingerprint density at radius 3 is 2.37 bits per heavy atom. The monoisotopic (exact) mass is 441 g/mol. The van der Waals surface area contributed by atoms with Crippen molar-refractivity contribution in [3.05, 3.63) is 41.8 Å². The van der Waals surface area contributed by atoms with Crippen LogP contribution in [0.4, 0.5) is 4.79 Å². The van der Waals surface area contributed by atoms with Gasteiger partial charge in [0.1, 0.15) is 5.60 Å². The van der Waals surface area contributed by atoms with E-state index in [9.17, 15) is 23.1 Å². The molecule has 1 aromatic rings. The number of hydrogen-bond donors (Lipinski definition) is 1. The largest absolute Gasteiger partial charge is 0.469 e. The first-order valence-electron chi connectivity index (χ1n) is 9.66. The van der Waals surface area contributed by atoms with Crippen LogP contribution in [0.25, 0.3) is 0 Å². The highest BCUT2D eigenvalue weighted by Gasteiger charge is 2.22. The predicted octanol–water partition coefficient (Wildman–Crippen LogP) is 2.92. The second-order valence-corrected chi connectivity index (χ2v) is 9.52. The molecule has 0 aliphatic carbocycles. The van der Waals surface area contributed by atoms with E-state index < -0.39 is 33.6 Å². The number of hydrogen-bond acceptors (Lipinski definition) is 7. The summed E-state index contributed by atoms with van der Waals surface area (Å²) in [5.74, 6) is -0.447. The van der Waals surface area contributed by atoms with Crippen LogP contribution in [-0.2, 0) is 24.1 Å². The summed E-state index contributed by atoms with van der Waals surface area (Å²) in [5.41, 5.74) is -0.686. The van der Waals surface area contributed by atoms with E-state index in [0.717, 1.165) is 5.41 Å². The van der Waals surface area contributed by atoms with Gasteiger partial charge in [0.25, 0.3) is 0 Å². The average molecular weight is 442 g/mol. The highest BCUT2D eigenvalue weighted by molar-refractivity contribution is 7.94. The summed E-state index contributed by atoms with van der Waals surface area (Å²) < 4.78 is 34.4. The highest BCUT2D eigenvalue weighted by Crippen LogP contribution is 2.14. The molecule has 0 bridgehead atoms. The van der Waals surface area contributed by atoms with Gasteiger partial charge < -0.3 is 19.5 Å². The molecule has 9 heteroatoms. The van der Waals surface area contributed by atoms with Gasteiger partial charge in [0, 0.05) is 18.5 Å². The van der Waals surface area contributed by atoms with Gasteiger partial charge in [0.15, 0.2) is 9.84 Å². The highest BCUT2D eigenvalue weighted by atomic mass is 32.2. The van der Waals surface area contributed by atoms with Gasteiger partial charge in [-0.1, -0.05) is 18.2 Å². The number of aliphatic hydroxyl groups is 1. The molecule has 0 aromatic heterocycles. The molecule has 0 fully saturated rings.